The molecule has 0 amide bonds. The predicted octanol–water partition coefficient (Wildman–Crippen LogP) is 3.47. The first-order chi connectivity index (χ1) is 10.6. The Balaban J connectivity index is 2.32. The summed E-state index contributed by atoms with van der Waals surface area (Å²) in [5, 5.41) is 10.8. The number of carbonyl (C=O) groups is 1. The van der Waals surface area contributed by atoms with Crippen molar-refractivity contribution in [2.45, 2.75) is 25.5 Å². The van der Waals surface area contributed by atoms with Gasteiger partial charge in [-0.1, -0.05) is 23.2 Å². The van der Waals surface area contributed by atoms with Gasteiger partial charge in [0.1, 0.15) is 10.7 Å². The summed E-state index contributed by atoms with van der Waals surface area (Å²) in [6.45, 7) is 0.643. The van der Waals surface area contributed by atoms with Crippen molar-refractivity contribution in [3.63, 3.8) is 0 Å². The van der Waals surface area contributed by atoms with E-state index in [1.165, 1.54) is 7.11 Å². The Bertz CT molecular complexity index is 743. The van der Waals surface area contributed by atoms with Gasteiger partial charge in [0.15, 0.2) is 0 Å². The van der Waals surface area contributed by atoms with Crippen LogP contribution in [0, 0.1) is 0 Å². The lowest BCUT2D eigenvalue weighted by atomic mass is 10.0. The maximum atomic E-state index is 12.1. The second-order valence-corrected chi connectivity index (χ2v) is 5.80. The molecule has 1 unspecified atom stereocenters. The minimum Gasteiger partial charge on any atom is -0.465 e. The summed E-state index contributed by atoms with van der Waals surface area (Å²) in [6.07, 6.45) is 2.18. The van der Waals surface area contributed by atoms with E-state index >= 15 is 0 Å². The van der Waals surface area contributed by atoms with Crippen LogP contribution in [0.1, 0.15) is 35.0 Å². The van der Waals surface area contributed by atoms with E-state index in [1.54, 1.807) is 18.3 Å². The van der Waals surface area contributed by atoms with E-state index in [4.69, 9.17) is 27.9 Å². The standard InChI is InChI=1S/C15H14Cl2N2O3/c1-22-15(21)10-11(16)12(8-4-2-6-18-14(8)17)19-7-3-5-9(20)13(10)19/h2,4,6,9,20H,3,5,7H2,1H3. The van der Waals surface area contributed by atoms with E-state index in [0.717, 1.165) is 6.42 Å². The van der Waals surface area contributed by atoms with E-state index in [0.29, 0.717) is 35.1 Å². The topological polar surface area (TPSA) is 64.3 Å². The molecule has 3 rings (SSSR count). The number of rotatable bonds is 2. The number of esters is 1. The molecule has 1 aliphatic rings. The summed E-state index contributed by atoms with van der Waals surface area (Å²) >= 11 is 12.6. The number of nitrogens with zero attached hydrogens (tertiary/aromatic N) is 2. The van der Waals surface area contributed by atoms with Crippen LogP contribution in [0.3, 0.4) is 0 Å². The lowest BCUT2D eigenvalue weighted by molar-refractivity contribution is 0.0588. The quantitative estimate of drug-likeness (QED) is 0.671. The SMILES string of the molecule is COC(=O)c1c(Cl)c(-c2cccnc2Cl)n2c1C(O)CCC2. The molecule has 5 nitrogen and oxygen atoms in total. The Labute approximate surface area is 137 Å². The number of carbonyl (C=O) groups excluding carboxylic acids is 1. The zero-order valence-corrected chi connectivity index (χ0v) is 13.4. The van der Waals surface area contributed by atoms with Gasteiger partial charge < -0.3 is 14.4 Å². The first-order valence-corrected chi connectivity index (χ1v) is 7.61. The lowest BCUT2D eigenvalue weighted by Crippen LogP contribution is -2.18. The number of ether oxygens (including phenoxy) is 1. The number of aromatic nitrogens is 2. The third-order valence-electron chi connectivity index (χ3n) is 3.82. The fourth-order valence-electron chi connectivity index (χ4n) is 2.89. The Morgan fingerprint density at radius 2 is 2.27 bits per heavy atom. The van der Waals surface area contributed by atoms with Crippen LogP contribution in [-0.4, -0.2) is 27.7 Å². The van der Waals surface area contributed by atoms with E-state index in [1.807, 2.05) is 4.57 Å². The molecule has 2 aromatic rings. The highest BCUT2D eigenvalue weighted by atomic mass is 35.5. The van der Waals surface area contributed by atoms with Crippen molar-refractivity contribution in [3.05, 3.63) is 39.8 Å². The summed E-state index contributed by atoms with van der Waals surface area (Å²) < 4.78 is 6.65. The van der Waals surface area contributed by atoms with Crippen LogP contribution in [-0.2, 0) is 11.3 Å². The fourth-order valence-corrected chi connectivity index (χ4v) is 3.47. The number of aliphatic hydroxyl groups is 1. The minimum atomic E-state index is -0.760. The maximum Gasteiger partial charge on any atom is 0.341 e. The first kappa shape index (κ1) is 15.3. The van der Waals surface area contributed by atoms with Crippen molar-refractivity contribution in [2.75, 3.05) is 7.11 Å². The van der Waals surface area contributed by atoms with Crippen molar-refractivity contribution < 1.29 is 14.6 Å². The van der Waals surface area contributed by atoms with E-state index in [2.05, 4.69) is 4.98 Å². The Kier molecular flexibility index (Phi) is 4.12. The summed E-state index contributed by atoms with van der Waals surface area (Å²) in [5.74, 6) is -0.569. The van der Waals surface area contributed by atoms with E-state index in [9.17, 15) is 9.90 Å². The third kappa shape index (κ3) is 2.29. The molecule has 0 aliphatic carbocycles. The molecular formula is C15H14Cl2N2O3. The predicted molar refractivity (Wildman–Crippen MR) is 83.2 cm³/mol. The monoisotopic (exact) mass is 340 g/mol. The number of aliphatic hydroxyl groups excluding tert-OH is 1. The smallest absolute Gasteiger partial charge is 0.341 e. The van der Waals surface area contributed by atoms with Crippen LogP contribution in [0.15, 0.2) is 18.3 Å². The summed E-state index contributed by atoms with van der Waals surface area (Å²) in [6, 6.07) is 3.53. The van der Waals surface area contributed by atoms with Crippen molar-refractivity contribution in [1.29, 1.82) is 0 Å². The average Bonchev–Trinajstić information content (AvgIpc) is 2.81. The van der Waals surface area contributed by atoms with Crippen molar-refractivity contribution in [2.24, 2.45) is 0 Å². The molecule has 0 fully saturated rings. The summed E-state index contributed by atoms with van der Waals surface area (Å²) in [5.41, 5.74) is 1.90. The van der Waals surface area contributed by atoms with Gasteiger partial charge in [-0.15, -0.1) is 0 Å². The first-order valence-electron chi connectivity index (χ1n) is 6.85. The molecule has 1 aliphatic heterocycles. The molecule has 3 heterocycles. The molecule has 1 N–H and O–H groups in total. The lowest BCUT2D eigenvalue weighted by Gasteiger charge is -2.23. The van der Waals surface area contributed by atoms with Gasteiger partial charge in [-0.3, -0.25) is 0 Å². The molecule has 1 atom stereocenters. The van der Waals surface area contributed by atoms with Crippen molar-refractivity contribution in [3.8, 4) is 11.3 Å². The van der Waals surface area contributed by atoms with Crippen LogP contribution in [0.4, 0.5) is 0 Å². The molecule has 7 heteroatoms. The minimum absolute atomic E-state index is 0.200. The van der Waals surface area contributed by atoms with Gasteiger partial charge in [-0.2, -0.15) is 0 Å². The Morgan fingerprint density at radius 1 is 1.50 bits per heavy atom. The molecule has 116 valence electrons. The number of halogens is 2. The van der Waals surface area contributed by atoms with Gasteiger partial charge in [0.25, 0.3) is 0 Å². The molecular weight excluding hydrogens is 327 g/mol. The molecule has 0 radical (unpaired) electrons. The van der Waals surface area contributed by atoms with Gasteiger partial charge in [-0.05, 0) is 25.0 Å². The zero-order chi connectivity index (χ0) is 15.9. The molecule has 0 saturated carbocycles. The van der Waals surface area contributed by atoms with Crippen LogP contribution < -0.4 is 0 Å². The largest absolute Gasteiger partial charge is 0.465 e. The number of pyridine rings is 1. The van der Waals surface area contributed by atoms with Crippen molar-refractivity contribution >= 4 is 29.2 Å². The number of fused-ring (bicyclic) bond motifs is 1. The number of hydrogen-bond acceptors (Lipinski definition) is 4. The van der Waals surface area contributed by atoms with Crippen molar-refractivity contribution in [1.82, 2.24) is 9.55 Å². The van der Waals surface area contributed by atoms with Gasteiger partial charge in [-0.25, -0.2) is 9.78 Å². The summed E-state index contributed by atoms with van der Waals surface area (Å²) in [7, 11) is 1.29. The molecule has 0 aromatic carbocycles. The Hall–Kier alpha value is -1.56. The van der Waals surface area contributed by atoms with Gasteiger partial charge in [0.2, 0.25) is 0 Å². The van der Waals surface area contributed by atoms with Crippen LogP contribution >= 0.6 is 23.2 Å². The third-order valence-corrected chi connectivity index (χ3v) is 4.49. The second-order valence-electron chi connectivity index (χ2n) is 5.07. The normalized spacial score (nSPS) is 17.2. The summed E-state index contributed by atoms with van der Waals surface area (Å²) in [4.78, 5) is 16.2. The van der Waals surface area contributed by atoms with Crippen LogP contribution in [0.2, 0.25) is 10.2 Å². The highest BCUT2D eigenvalue weighted by Gasteiger charge is 2.33. The number of methoxy groups -OCH3 is 1. The van der Waals surface area contributed by atoms with Crippen LogP contribution in [0.5, 0.6) is 0 Å². The van der Waals surface area contributed by atoms with Gasteiger partial charge in [0.05, 0.1) is 29.6 Å². The second kappa shape index (κ2) is 5.91. The van der Waals surface area contributed by atoms with E-state index in [-0.39, 0.29) is 10.6 Å². The molecule has 22 heavy (non-hydrogen) atoms. The molecule has 0 saturated heterocycles. The van der Waals surface area contributed by atoms with Crippen LogP contribution in [0.25, 0.3) is 11.3 Å². The average molecular weight is 341 g/mol. The zero-order valence-electron chi connectivity index (χ0n) is 11.8. The van der Waals surface area contributed by atoms with Gasteiger partial charge in [0, 0.05) is 18.3 Å². The highest BCUT2D eigenvalue weighted by molar-refractivity contribution is 6.38. The molecule has 0 bridgehead atoms. The van der Waals surface area contributed by atoms with Gasteiger partial charge >= 0.3 is 5.97 Å². The fraction of sp³-hybridized carbons (Fsp3) is 0.333. The maximum absolute atomic E-state index is 12.1. The highest BCUT2D eigenvalue weighted by Crippen LogP contribution is 2.43. The number of hydrogen-bond donors (Lipinski definition) is 1. The molecule has 2 aromatic heterocycles. The van der Waals surface area contributed by atoms with E-state index < -0.39 is 12.1 Å². The molecule has 0 spiro atoms. The Morgan fingerprint density at radius 3 is 2.95 bits per heavy atom.